The van der Waals surface area contributed by atoms with E-state index in [0.717, 1.165) is 15.9 Å². The number of aliphatic imine (C=N–C) groups is 1. The number of hydrogen-bond donors (Lipinski definition) is 0. The first kappa shape index (κ1) is 20.2. The van der Waals surface area contributed by atoms with E-state index < -0.39 is 0 Å². The van der Waals surface area contributed by atoms with Gasteiger partial charge in [-0.25, -0.2) is 4.99 Å². The monoisotopic (exact) mass is 514 g/mol. The van der Waals surface area contributed by atoms with Gasteiger partial charge in [0.1, 0.15) is 11.5 Å². The molecular weight excluding hydrogens is 500 g/mol. The van der Waals surface area contributed by atoms with Crippen LogP contribution in [0.25, 0.3) is 6.08 Å². The topological polar surface area (TPSA) is 64.3 Å². The van der Waals surface area contributed by atoms with E-state index in [1.807, 2.05) is 24.3 Å². The third kappa shape index (κ3) is 4.84. The third-order valence-corrected chi connectivity index (χ3v) is 6.36. The van der Waals surface area contributed by atoms with Crippen molar-refractivity contribution < 1.29 is 18.7 Å². The number of carbonyl (C=O) groups excluding carboxylic acids is 1. The van der Waals surface area contributed by atoms with Crippen LogP contribution in [-0.4, -0.2) is 43.3 Å². The maximum atomic E-state index is 12.8. The second kappa shape index (κ2) is 9.09. The van der Waals surface area contributed by atoms with Gasteiger partial charge in [0, 0.05) is 13.2 Å². The third-order valence-electron chi connectivity index (χ3n) is 3.64. The van der Waals surface area contributed by atoms with Gasteiger partial charge < -0.3 is 13.9 Å². The zero-order chi connectivity index (χ0) is 19.4. The number of carbonyl (C=O) groups is 1. The van der Waals surface area contributed by atoms with Gasteiger partial charge in [0.05, 0.1) is 35.3 Å². The summed E-state index contributed by atoms with van der Waals surface area (Å²) in [7, 11) is 3.21. The highest BCUT2D eigenvalue weighted by Crippen LogP contribution is 2.36. The summed E-state index contributed by atoms with van der Waals surface area (Å²) in [5, 5.41) is 0.596. The predicted octanol–water partition coefficient (Wildman–Crippen LogP) is 5.06. The summed E-state index contributed by atoms with van der Waals surface area (Å²) in [6, 6.07) is 9.13. The Morgan fingerprint density at radius 3 is 2.59 bits per heavy atom. The van der Waals surface area contributed by atoms with Crippen LogP contribution in [0.5, 0.6) is 5.75 Å². The van der Waals surface area contributed by atoms with Crippen molar-refractivity contribution >= 4 is 66.5 Å². The number of ether oxygens (including phenoxy) is 2. The highest BCUT2D eigenvalue weighted by Gasteiger charge is 2.33. The molecule has 0 unspecified atom stereocenters. The van der Waals surface area contributed by atoms with Gasteiger partial charge in [-0.05, 0) is 74.0 Å². The number of benzene rings is 1. The molecule has 1 saturated heterocycles. The van der Waals surface area contributed by atoms with Crippen molar-refractivity contribution in [2.75, 3.05) is 27.4 Å². The van der Waals surface area contributed by atoms with Crippen LogP contribution in [0, 0.1) is 0 Å². The van der Waals surface area contributed by atoms with Gasteiger partial charge in [-0.1, -0.05) is 0 Å². The quantitative estimate of drug-likeness (QED) is 0.503. The minimum atomic E-state index is -0.132. The molecule has 1 amide bonds. The van der Waals surface area contributed by atoms with Gasteiger partial charge in [-0.15, -0.1) is 0 Å². The van der Waals surface area contributed by atoms with Gasteiger partial charge in [0.15, 0.2) is 9.84 Å². The predicted molar refractivity (Wildman–Crippen MR) is 113 cm³/mol. The average molecular weight is 516 g/mol. The molecule has 0 aliphatic carbocycles. The molecule has 2 heterocycles. The molecule has 1 aromatic carbocycles. The van der Waals surface area contributed by atoms with Gasteiger partial charge in [0.25, 0.3) is 5.91 Å². The van der Waals surface area contributed by atoms with Crippen LogP contribution in [0.4, 0.5) is 5.69 Å². The molecule has 6 nitrogen and oxygen atoms in total. The van der Waals surface area contributed by atoms with Gasteiger partial charge in [0.2, 0.25) is 0 Å². The van der Waals surface area contributed by atoms with Crippen LogP contribution in [0.15, 0.2) is 53.8 Å². The number of methoxy groups -OCH3 is 2. The normalized spacial score (nSPS) is 17.3. The molecule has 1 aliphatic heterocycles. The largest absolute Gasteiger partial charge is 0.497 e. The Morgan fingerprint density at radius 1 is 1.26 bits per heavy atom. The summed E-state index contributed by atoms with van der Waals surface area (Å²) in [5.74, 6) is 1.19. The second-order valence-corrected chi connectivity index (χ2v) is 8.01. The van der Waals surface area contributed by atoms with Crippen LogP contribution >= 0.6 is 43.6 Å². The average Bonchev–Trinajstić information content (AvgIpc) is 3.13. The molecular formula is C18H16Br2N2O4S. The Labute approximate surface area is 177 Å². The number of nitrogens with zero attached hydrogens (tertiary/aromatic N) is 2. The summed E-state index contributed by atoms with van der Waals surface area (Å²) >= 11 is 7.97. The molecule has 1 fully saturated rings. The van der Waals surface area contributed by atoms with Crippen molar-refractivity contribution in [3.8, 4) is 5.75 Å². The van der Waals surface area contributed by atoms with Gasteiger partial charge in [-0.2, -0.15) is 0 Å². The number of furan rings is 1. The lowest BCUT2D eigenvalue weighted by molar-refractivity contribution is -0.122. The fourth-order valence-corrected chi connectivity index (χ4v) is 3.91. The van der Waals surface area contributed by atoms with E-state index >= 15 is 0 Å². The van der Waals surface area contributed by atoms with Crippen molar-refractivity contribution in [3.63, 3.8) is 0 Å². The summed E-state index contributed by atoms with van der Waals surface area (Å²) in [4.78, 5) is 19.6. The second-order valence-electron chi connectivity index (χ2n) is 5.42. The van der Waals surface area contributed by atoms with Crippen LogP contribution in [0.2, 0.25) is 0 Å². The number of rotatable bonds is 6. The molecule has 3 rings (SSSR count). The number of thioether (sulfide) groups is 1. The van der Waals surface area contributed by atoms with Gasteiger partial charge in [-0.3, -0.25) is 9.69 Å². The van der Waals surface area contributed by atoms with Gasteiger partial charge >= 0.3 is 0 Å². The maximum absolute atomic E-state index is 12.8. The number of amidine groups is 1. The first-order valence-corrected chi connectivity index (χ1v) is 10.3. The Morgan fingerprint density at radius 2 is 2.00 bits per heavy atom. The van der Waals surface area contributed by atoms with E-state index in [2.05, 4.69) is 36.9 Å². The molecule has 0 saturated carbocycles. The fourth-order valence-electron chi connectivity index (χ4n) is 2.30. The lowest BCUT2D eigenvalue weighted by Crippen LogP contribution is -2.32. The molecule has 27 heavy (non-hydrogen) atoms. The zero-order valence-corrected chi connectivity index (χ0v) is 18.6. The highest BCUT2D eigenvalue weighted by molar-refractivity contribution is 9.13. The van der Waals surface area contributed by atoms with E-state index in [1.165, 1.54) is 11.8 Å². The Balaban J connectivity index is 1.90. The number of hydrogen-bond acceptors (Lipinski definition) is 6. The lowest BCUT2D eigenvalue weighted by Gasteiger charge is -2.14. The number of halogens is 2. The zero-order valence-electron chi connectivity index (χ0n) is 14.6. The van der Waals surface area contributed by atoms with E-state index in [1.54, 1.807) is 31.3 Å². The van der Waals surface area contributed by atoms with Crippen LogP contribution in [0.3, 0.4) is 0 Å². The summed E-state index contributed by atoms with van der Waals surface area (Å²) < 4.78 is 17.2. The molecule has 0 spiro atoms. The lowest BCUT2D eigenvalue weighted by atomic mass is 10.3. The molecule has 0 bridgehead atoms. The highest BCUT2D eigenvalue weighted by atomic mass is 79.9. The molecule has 1 aliphatic rings. The minimum Gasteiger partial charge on any atom is -0.497 e. The standard InChI is InChI=1S/C18H16Br2N2O4S/c1-24-8-7-22-17(23)15(10-13-9-14(19)16(20)26-13)27-18(22)21-11-3-5-12(25-2)6-4-11/h3-6,9-10H,7-8H2,1-2H3/b15-10-,21-18?. The molecule has 0 N–H and O–H groups in total. The van der Waals surface area contributed by atoms with Crippen LogP contribution in [0.1, 0.15) is 5.76 Å². The van der Waals surface area contributed by atoms with Crippen LogP contribution in [-0.2, 0) is 9.53 Å². The smallest absolute Gasteiger partial charge is 0.266 e. The summed E-state index contributed by atoms with van der Waals surface area (Å²) in [5.41, 5.74) is 0.734. The van der Waals surface area contributed by atoms with Crippen molar-refractivity contribution in [1.29, 1.82) is 0 Å². The van der Waals surface area contributed by atoms with E-state index in [9.17, 15) is 4.79 Å². The van der Waals surface area contributed by atoms with Crippen molar-refractivity contribution in [2.45, 2.75) is 0 Å². The number of amides is 1. The molecule has 9 heteroatoms. The van der Waals surface area contributed by atoms with Crippen molar-refractivity contribution in [2.24, 2.45) is 4.99 Å². The molecule has 142 valence electrons. The molecule has 0 radical (unpaired) electrons. The molecule has 0 atom stereocenters. The first-order valence-electron chi connectivity index (χ1n) is 7.89. The fraction of sp³-hybridized carbons (Fsp3) is 0.222. The van der Waals surface area contributed by atoms with E-state index in [0.29, 0.717) is 33.7 Å². The Bertz CT molecular complexity index is 874. The maximum Gasteiger partial charge on any atom is 0.266 e. The molecule has 2 aromatic rings. The summed E-state index contributed by atoms with van der Waals surface area (Å²) in [6.45, 7) is 0.833. The Kier molecular flexibility index (Phi) is 6.80. The van der Waals surface area contributed by atoms with Crippen LogP contribution < -0.4 is 4.74 Å². The molecule has 1 aromatic heterocycles. The van der Waals surface area contributed by atoms with Crippen molar-refractivity contribution in [3.05, 3.63) is 50.1 Å². The SMILES string of the molecule is COCCN1C(=O)/C(=C/c2cc(Br)c(Br)o2)SC1=Nc1ccc(OC)cc1. The minimum absolute atomic E-state index is 0.132. The first-order chi connectivity index (χ1) is 13.0. The summed E-state index contributed by atoms with van der Waals surface area (Å²) in [6.07, 6.45) is 1.71. The van der Waals surface area contributed by atoms with E-state index in [4.69, 9.17) is 13.9 Å². The van der Waals surface area contributed by atoms with E-state index in [-0.39, 0.29) is 5.91 Å². The Hall–Kier alpha value is -1.55. The van der Waals surface area contributed by atoms with Crippen molar-refractivity contribution in [1.82, 2.24) is 4.90 Å².